The van der Waals surface area contributed by atoms with Crippen LogP contribution in [-0.4, -0.2) is 11.9 Å². The highest BCUT2D eigenvalue weighted by molar-refractivity contribution is 5.81. The Bertz CT molecular complexity index is 362. The van der Waals surface area contributed by atoms with Gasteiger partial charge in [-0.2, -0.15) is 0 Å². The molecule has 0 aliphatic rings. The van der Waals surface area contributed by atoms with Crippen molar-refractivity contribution in [2.24, 2.45) is 11.7 Å². The molecule has 1 rings (SSSR count). The van der Waals surface area contributed by atoms with E-state index in [1.165, 1.54) is 0 Å². The zero-order valence-corrected chi connectivity index (χ0v) is 11.5. The Morgan fingerprint density at radius 2 is 1.89 bits per heavy atom. The second kappa shape index (κ2) is 7.17. The van der Waals surface area contributed by atoms with E-state index in [1.54, 1.807) is 0 Å². The van der Waals surface area contributed by atoms with Crippen LogP contribution in [0.3, 0.4) is 0 Å². The van der Waals surface area contributed by atoms with Gasteiger partial charge >= 0.3 is 0 Å². The first kappa shape index (κ1) is 14.7. The summed E-state index contributed by atoms with van der Waals surface area (Å²) in [5.41, 5.74) is 6.97. The molecular weight excluding hydrogens is 224 g/mol. The third kappa shape index (κ3) is 4.15. The fourth-order valence-electron chi connectivity index (χ4n) is 2.00. The Morgan fingerprint density at radius 1 is 1.28 bits per heavy atom. The highest BCUT2D eigenvalue weighted by Gasteiger charge is 2.21. The molecule has 0 spiro atoms. The summed E-state index contributed by atoms with van der Waals surface area (Å²) in [7, 11) is 0. The zero-order valence-electron chi connectivity index (χ0n) is 11.5. The first-order valence-corrected chi connectivity index (χ1v) is 6.67. The second-order valence-corrected chi connectivity index (χ2v) is 5.04. The van der Waals surface area contributed by atoms with Gasteiger partial charge in [0.05, 0.1) is 12.1 Å². The van der Waals surface area contributed by atoms with Crippen molar-refractivity contribution >= 4 is 5.91 Å². The lowest BCUT2D eigenvalue weighted by molar-refractivity contribution is -0.123. The summed E-state index contributed by atoms with van der Waals surface area (Å²) in [4.78, 5) is 12.0. The van der Waals surface area contributed by atoms with Crippen molar-refractivity contribution in [2.75, 3.05) is 0 Å². The summed E-state index contributed by atoms with van der Waals surface area (Å²) in [6.45, 7) is 6.23. The molecule has 2 atom stereocenters. The van der Waals surface area contributed by atoms with Crippen LogP contribution < -0.4 is 11.1 Å². The average Bonchev–Trinajstić information content (AvgIpc) is 2.36. The molecule has 0 fully saturated rings. The van der Waals surface area contributed by atoms with Crippen LogP contribution in [0.5, 0.6) is 0 Å². The summed E-state index contributed by atoms with van der Waals surface area (Å²) < 4.78 is 0. The number of carbonyl (C=O) groups is 1. The average molecular weight is 248 g/mol. The van der Waals surface area contributed by atoms with Crippen LogP contribution in [0.2, 0.25) is 0 Å². The first-order valence-electron chi connectivity index (χ1n) is 6.67. The van der Waals surface area contributed by atoms with E-state index in [1.807, 2.05) is 37.3 Å². The zero-order chi connectivity index (χ0) is 13.5. The minimum absolute atomic E-state index is 0.0293. The van der Waals surface area contributed by atoms with Gasteiger partial charge in [0.1, 0.15) is 0 Å². The Morgan fingerprint density at radius 3 is 2.39 bits per heavy atom. The summed E-state index contributed by atoms with van der Waals surface area (Å²) in [5.74, 6) is 0.282. The Balaban J connectivity index is 2.73. The molecule has 0 saturated carbocycles. The van der Waals surface area contributed by atoms with Crippen LogP contribution >= 0.6 is 0 Å². The van der Waals surface area contributed by atoms with Gasteiger partial charge in [0.2, 0.25) is 5.91 Å². The molecule has 1 aromatic carbocycles. The van der Waals surface area contributed by atoms with Gasteiger partial charge in [-0.15, -0.1) is 0 Å². The van der Waals surface area contributed by atoms with Crippen LogP contribution in [0.25, 0.3) is 0 Å². The molecule has 0 heterocycles. The lowest BCUT2D eigenvalue weighted by atomic mass is 9.95. The molecule has 100 valence electrons. The topological polar surface area (TPSA) is 55.1 Å². The van der Waals surface area contributed by atoms with Crippen LogP contribution in [0.15, 0.2) is 30.3 Å². The van der Waals surface area contributed by atoms with Crippen LogP contribution in [-0.2, 0) is 4.79 Å². The van der Waals surface area contributed by atoms with Crippen molar-refractivity contribution in [3.63, 3.8) is 0 Å². The highest BCUT2D eigenvalue weighted by atomic mass is 16.2. The maximum Gasteiger partial charge on any atom is 0.237 e. The SMILES string of the molecule is CCCC(N)C(=O)NC(c1ccccc1)C(C)C. The fraction of sp³-hybridized carbons (Fsp3) is 0.533. The maximum atomic E-state index is 12.0. The van der Waals surface area contributed by atoms with E-state index >= 15 is 0 Å². The first-order chi connectivity index (χ1) is 8.56. The summed E-state index contributed by atoms with van der Waals surface area (Å²) in [6.07, 6.45) is 1.65. The largest absolute Gasteiger partial charge is 0.348 e. The molecule has 18 heavy (non-hydrogen) atoms. The van der Waals surface area contributed by atoms with Crippen molar-refractivity contribution < 1.29 is 4.79 Å². The predicted octanol–water partition coefficient (Wildman–Crippen LogP) is 2.63. The van der Waals surface area contributed by atoms with E-state index < -0.39 is 6.04 Å². The number of benzene rings is 1. The molecule has 0 aliphatic carbocycles. The lowest BCUT2D eigenvalue weighted by Crippen LogP contribution is -2.43. The molecule has 0 radical (unpaired) electrons. The molecule has 0 aliphatic heterocycles. The molecule has 1 aromatic rings. The number of hydrogen-bond donors (Lipinski definition) is 2. The van der Waals surface area contributed by atoms with Gasteiger partial charge in [0.25, 0.3) is 0 Å². The molecule has 0 saturated heterocycles. The Hall–Kier alpha value is -1.35. The summed E-state index contributed by atoms with van der Waals surface area (Å²) in [6, 6.07) is 9.66. The van der Waals surface area contributed by atoms with Crippen molar-refractivity contribution in [2.45, 2.75) is 45.7 Å². The molecule has 3 nitrogen and oxygen atoms in total. The van der Waals surface area contributed by atoms with Gasteiger partial charge in [-0.3, -0.25) is 4.79 Å². The van der Waals surface area contributed by atoms with Crippen molar-refractivity contribution in [3.05, 3.63) is 35.9 Å². The maximum absolute atomic E-state index is 12.0. The van der Waals surface area contributed by atoms with Crippen molar-refractivity contribution in [3.8, 4) is 0 Å². The quantitative estimate of drug-likeness (QED) is 0.813. The number of carbonyl (C=O) groups excluding carboxylic acids is 1. The van der Waals surface area contributed by atoms with Gasteiger partial charge in [0.15, 0.2) is 0 Å². The third-order valence-electron chi connectivity index (χ3n) is 3.06. The minimum Gasteiger partial charge on any atom is -0.348 e. The fourth-order valence-corrected chi connectivity index (χ4v) is 2.00. The van der Waals surface area contributed by atoms with E-state index in [0.29, 0.717) is 5.92 Å². The Kier molecular flexibility index (Phi) is 5.86. The number of amides is 1. The number of nitrogens with two attached hydrogens (primary N) is 1. The number of hydrogen-bond acceptors (Lipinski definition) is 2. The van der Waals surface area contributed by atoms with E-state index in [2.05, 4.69) is 19.2 Å². The molecular formula is C15H24N2O. The summed E-state index contributed by atoms with van der Waals surface area (Å²) >= 11 is 0. The second-order valence-electron chi connectivity index (χ2n) is 5.04. The normalized spacial score (nSPS) is 14.3. The number of rotatable bonds is 6. The van der Waals surface area contributed by atoms with E-state index in [0.717, 1.165) is 18.4 Å². The summed E-state index contributed by atoms with van der Waals surface area (Å²) in [5, 5.41) is 3.05. The smallest absolute Gasteiger partial charge is 0.237 e. The van der Waals surface area contributed by atoms with Crippen LogP contribution in [0.1, 0.15) is 45.2 Å². The monoisotopic (exact) mass is 248 g/mol. The molecule has 0 bridgehead atoms. The van der Waals surface area contributed by atoms with E-state index in [-0.39, 0.29) is 11.9 Å². The van der Waals surface area contributed by atoms with Gasteiger partial charge in [-0.25, -0.2) is 0 Å². The minimum atomic E-state index is -0.403. The van der Waals surface area contributed by atoms with Gasteiger partial charge in [-0.05, 0) is 17.9 Å². The molecule has 3 heteroatoms. The van der Waals surface area contributed by atoms with Crippen LogP contribution in [0.4, 0.5) is 0 Å². The third-order valence-corrected chi connectivity index (χ3v) is 3.06. The molecule has 3 N–H and O–H groups in total. The lowest BCUT2D eigenvalue weighted by Gasteiger charge is -2.24. The van der Waals surface area contributed by atoms with E-state index in [4.69, 9.17) is 5.73 Å². The molecule has 2 unspecified atom stereocenters. The van der Waals surface area contributed by atoms with Gasteiger partial charge in [0, 0.05) is 0 Å². The number of nitrogens with one attached hydrogen (secondary N) is 1. The highest BCUT2D eigenvalue weighted by Crippen LogP contribution is 2.21. The van der Waals surface area contributed by atoms with Crippen molar-refractivity contribution in [1.29, 1.82) is 0 Å². The standard InChI is InChI=1S/C15H24N2O/c1-4-8-13(16)15(18)17-14(11(2)3)12-9-6-5-7-10-12/h5-7,9-11,13-14H,4,8,16H2,1-3H3,(H,17,18). The van der Waals surface area contributed by atoms with Gasteiger partial charge < -0.3 is 11.1 Å². The Labute approximate surface area is 110 Å². The predicted molar refractivity (Wildman–Crippen MR) is 75.0 cm³/mol. The van der Waals surface area contributed by atoms with Crippen LogP contribution in [0, 0.1) is 5.92 Å². The van der Waals surface area contributed by atoms with E-state index in [9.17, 15) is 4.79 Å². The molecule has 1 amide bonds. The molecule has 0 aromatic heterocycles. The van der Waals surface area contributed by atoms with Gasteiger partial charge in [-0.1, -0.05) is 57.5 Å². The van der Waals surface area contributed by atoms with Crippen molar-refractivity contribution in [1.82, 2.24) is 5.32 Å².